The van der Waals surface area contributed by atoms with E-state index < -0.39 is 36.4 Å². The van der Waals surface area contributed by atoms with Crippen molar-refractivity contribution in [2.75, 3.05) is 25.7 Å². The lowest BCUT2D eigenvalue weighted by atomic mass is 9.80. The van der Waals surface area contributed by atoms with E-state index in [1.165, 1.54) is 7.11 Å². The van der Waals surface area contributed by atoms with Crippen LogP contribution in [0.3, 0.4) is 0 Å². The number of carbonyl (C=O) groups is 5. The molecule has 0 saturated carbocycles. The molecule has 5 N–H and O–H groups in total. The number of amides is 1. The Bertz CT molecular complexity index is 2890. The van der Waals surface area contributed by atoms with Gasteiger partial charge in [-0.25, -0.2) is 14.9 Å². The molecule has 0 radical (unpaired) electrons. The molecule has 364 valence electrons. The van der Waals surface area contributed by atoms with Crippen molar-refractivity contribution in [3.63, 3.8) is 0 Å². The zero-order valence-electron chi connectivity index (χ0n) is 41.3. The fraction of sp³-hybridized carbons (Fsp3) is 0.481. The number of rotatable bonds is 16. The topological polar surface area (TPSA) is 215 Å². The van der Waals surface area contributed by atoms with E-state index in [9.17, 15) is 34.0 Å². The number of Topliss-reactive ketones (excluding diaryl/α,β-unsaturated/α-hetero) is 2. The predicted octanol–water partition coefficient (Wildman–Crippen LogP) is 3.46. The second-order valence-electron chi connectivity index (χ2n) is 20.0. The number of hydrogen-bond donors (Lipinski definition) is 5. The molecule has 1 aromatic carbocycles. The van der Waals surface area contributed by atoms with Gasteiger partial charge in [-0.1, -0.05) is 45.0 Å². The van der Waals surface area contributed by atoms with Gasteiger partial charge in [-0.15, -0.1) is 0 Å². The fourth-order valence-electron chi connectivity index (χ4n) is 10.7. The molecule has 0 spiro atoms. The minimum absolute atomic E-state index is 0.0611. The number of aromatic nitrogens is 2. The number of esters is 2. The van der Waals surface area contributed by atoms with Gasteiger partial charge in [0.2, 0.25) is 5.91 Å². The molecule has 8 rings (SSSR count). The van der Waals surface area contributed by atoms with Crippen molar-refractivity contribution in [2.45, 2.75) is 112 Å². The normalized spacial score (nSPS) is 24.1. The second-order valence-corrected chi connectivity index (χ2v) is 20.0. The summed E-state index contributed by atoms with van der Waals surface area (Å²) < 4.78 is 14.8. The molecule has 6 bridgehead atoms. The number of allylic oxidation sites excluding steroid dienone is 2. The molecule has 5 aliphatic rings. The minimum atomic E-state index is -1.55. The van der Waals surface area contributed by atoms with Gasteiger partial charge >= 0.3 is 19.1 Å². The van der Waals surface area contributed by atoms with E-state index >= 15 is 0 Å². The Morgan fingerprint density at radius 3 is 2.26 bits per heavy atom. The van der Waals surface area contributed by atoms with Crippen LogP contribution in [0.15, 0.2) is 45.6 Å². The van der Waals surface area contributed by atoms with E-state index in [4.69, 9.17) is 19.5 Å². The predicted molar refractivity (Wildman–Crippen MR) is 266 cm³/mol. The molecule has 69 heavy (non-hydrogen) atoms. The van der Waals surface area contributed by atoms with Crippen molar-refractivity contribution in [2.24, 2.45) is 39.6 Å². The van der Waals surface area contributed by atoms with E-state index in [2.05, 4.69) is 30.0 Å². The summed E-state index contributed by atoms with van der Waals surface area (Å²) in [6.07, 6.45) is 8.77. The Kier molecular flexibility index (Phi) is 13.8. The molecule has 6 heterocycles. The van der Waals surface area contributed by atoms with Gasteiger partial charge in [0.25, 0.3) is 0 Å². The number of ether oxygens (including phenoxy) is 2. The lowest BCUT2D eigenvalue weighted by molar-refractivity contribution is -0.157. The summed E-state index contributed by atoms with van der Waals surface area (Å²) in [5, 5.41) is 26.6. The SMILES string of the molecule is CC[C@H]1/C2=C/c3c(C)c4c5n3Nn3/c(c(C)c(C(C)=O)/c3=C/C(=N2)[C@@H]1C)=C\C1=NC(=C\5C(C(=O)OC)C4=O)/[C@@H](CCC(=O)NCCC[C@H](NCCc2ccc(B(O)O)cc2)C(=O)OC(C)(C)C)[C@@H]1C. The highest BCUT2D eigenvalue weighted by atomic mass is 16.6. The summed E-state index contributed by atoms with van der Waals surface area (Å²) in [6.45, 7) is 17.9. The Labute approximate surface area is 402 Å². The van der Waals surface area contributed by atoms with Gasteiger partial charge in [0.1, 0.15) is 17.6 Å². The highest BCUT2D eigenvalue weighted by Gasteiger charge is 2.50. The van der Waals surface area contributed by atoms with Gasteiger partial charge in [0.05, 0.1) is 40.5 Å². The first-order chi connectivity index (χ1) is 32.7. The van der Waals surface area contributed by atoms with Crippen molar-refractivity contribution in [3.05, 3.63) is 85.6 Å². The van der Waals surface area contributed by atoms with Gasteiger partial charge < -0.3 is 30.2 Å². The number of nitrogens with zero attached hydrogens (tertiary/aromatic N) is 4. The van der Waals surface area contributed by atoms with Crippen molar-refractivity contribution in [3.8, 4) is 0 Å². The molecule has 0 fully saturated rings. The molecule has 0 saturated heterocycles. The summed E-state index contributed by atoms with van der Waals surface area (Å²) in [6, 6.07) is 6.31. The molecule has 3 aromatic rings. The smallest absolute Gasteiger partial charge is 0.468 e. The summed E-state index contributed by atoms with van der Waals surface area (Å²) in [5.74, 6) is -3.59. The number of nitrogens with one attached hydrogen (secondary N) is 3. The van der Waals surface area contributed by atoms with E-state index in [1.54, 1.807) is 19.1 Å². The van der Waals surface area contributed by atoms with Gasteiger partial charge in [-0.2, -0.15) is 0 Å². The average molecular weight is 942 g/mol. The molecule has 4 aliphatic heterocycles. The monoisotopic (exact) mass is 941 g/mol. The summed E-state index contributed by atoms with van der Waals surface area (Å²) in [7, 11) is -0.276. The van der Waals surface area contributed by atoms with Crippen molar-refractivity contribution < 1.29 is 43.5 Å². The zero-order chi connectivity index (χ0) is 49.8. The van der Waals surface area contributed by atoms with Gasteiger partial charge in [-0.05, 0) is 121 Å². The maximum Gasteiger partial charge on any atom is 0.488 e. The first-order valence-corrected chi connectivity index (χ1v) is 24.2. The maximum atomic E-state index is 14.8. The Hall–Kier alpha value is -6.17. The van der Waals surface area contributed by atoms with Crippen LogP contribution in [0.1, 0.15) is 129 Å². The Balaban J connectivity index is 1.09. The van der Waals surface area contributed by atoms with Crippen LogP contribution in [0, 0.1) is 43.4 Å². The van der Waals surface area contributed by atoms with Gasteiger partial charge in [-0.3, -0.25) is 34.0 Å². The van der Waals surface area contributed by atoms with E-state index in [0.717, 1.165) is 29.0 Å². The maximum absolute atomic E-state index is 14.8. The van der Waals surface area contributed by atoms with Crippen LogP contribution in [0.5, 0.6) is 0 Å². The van der Waals surface area contributed by atoms with Crippen molar-refractivity contribution in [1.29, 1.82) is 0 Å². The van der Waals surface area contributed by atoms with Gasteiger partial charge in [0.15, 0.2) is 11.6 Å². The summed E-state index contributed by atoms with van der Waals surface area (Å²) >= 11 is 0. The number of hydrogen-bond acceptors (Lipinski definition) is 13. The number of ketones is 2. The van der Waals surface area contributed by atoms with Crippen LogP contribution in [0.2, 0.25) is 0 Å². The molecular weight excluding hydrogens is 877 g/mol. The minimum Gasteiger partial charge on any atom is -0.468 e. The molecule has 6 atom stereocenters. The van der Waals surface area contributed by atoms with Crippen molar-refractivity contribution in [1.82, 2.24) is 20.0 Å². The number of aliphatic imine (C=N–C) groups is 2. The summed E-state index contributed by atoms with van der Waals surface area (Å²) in [4.78, 5) is 79.8. The molecule has 17 heteroatoms. The third kappa shape index (κ3) is 9.23. The van der Waals surface area contributed by atoms with Gasteiger partial charge in [0, 0.05) is 64.9 Å². The number of carbonyl (C=O) groups excluding carboxylic acids is 5. The number of methoxy groups -OCH3 is 1. The molecule has 16 nitrogen and oxygen atoms in total. The van der Waals surface area contributed by atoms with E-state index in [0.29, 0.717) is 100.0 Å². The highest BCUT2D eigenvalue weighted by molar-refractivity contribution is 6.58. The van der Waals surface area contributed by atoms with Crippen molar-refractivity contribution >= 4 is 77.2 Å². The molecule has 1 unspecified atom stereocenters. The zero-order valence-corrected chi connectivity index (χ0v) is 41.3. The Morgan fingerprint density at radius 2 is 1.61 bits per heavy atom. The summed E-state index contributed by atoms with van der Waals surface area (Å²) in [5.41, 5.74) is 11.2. The van der Waals surface area contributed by atoms with Crippen LogP contribution in [0.25, 0.3) is 23.8 Å². The number of fused-ring (bicyclic) bond motifs is 2. The first-order valence-electron chi connectivity index (χ1n) is 24.2. The van der Waals surface area contributed by atoms with Crippen LogP contribution in [0.4, 0.5) is 0 Å². The standard InChI is InChI=1S/C52H64BN7O9/c1-11-33-26(2)36-24-41-43(30(6)61)28(4)39-23-37-27(3)34(47(57-37)45-46(51(65)68-10)49(63)44-29(5)40(25-38(33)56-36)60(48(44)45)58-59(39)41)18-19-42(62)55-21-12-13-35(50(64)69-52(7,8)9)54-22-20-31-14-16-32(17-15-31)53(66)67/h14-17,23-27,33-35,46,54,58,66-67H,11-13,18-22H2,1-10H3,(H,55,62)/b36-24?,37-23?,38-25-,39-23-,40-25?,41-24-,47-45-/t26-,27+,33-,34+,35+,46?/m1/s1. The fourth-order valence-corrected chi connectivity index (χ4v) is 10.7. The second kappa shape index (κ2) is 19.3. The molecular formula is C52H64BN7O9. The van der Waals surface area contributed by atoms with Crippen LogP contribution >= 0.6 is 0 Å². The lowest BCUT2D eigenvalue weighted by Gasteiger charge is -2.25. The van der Waals surface area contributed by atoms with Crippen LogP contribution < -0.4 is 32.3 Å². The third-order valence-corrected chi connectivity index (χ3v) is 14.4. The average Bonchev–Trinajstić information content (AvgIpc) is 4.02. The largest absolute Gasteiger partial charge is 0.488 e. The van der Waals surface area contributed by atoms with Crippen LogP contribution in [-0.2, 0) is 30.3 Å². The number of benzene rings is 1. The molecule has 1 aliphatic carbocycles. The first kappa shape index (κ1) is 49.3. The Morgan fingerprint density at radius 1 is 0.928 bits per heavy atom. The molecule has 1 amide bonds. The third-order valence-electron chi connectivity index (χ3n) is 14.4. The highest BCUT2D eigenvalue weighted by Crippen LogP contribution is 2.50. The molecule has 2 aromatic heterocycles. The lowest BCUT2D eigenvalue weighted by Crippen LogP contribution is -2.42. The van der Waals surface area contributed by atoms with Crippen LogP contribution in [-0.4, -0.2) is 99.2 Å². The van der Waals surface area contributed by atoms with E-state index in [-0.39, 0.29) is 47.8 Å². The quantitative estimate of drug-likeness (QED) is 0.0461. The van der Waals surface area contributed by atoms with E-state index in [1.807, 2.05) is 81.3 Å².